The van der Waals surface area contributed by atoms with Gasteiger partial charge in [-0.1, -0.05) is 0 Å². The fraction of sp³-hybridized carbons (Fsp3) is 0.231. The zero-order valence-corrected chi connectivity index (χ0v) is 10.4. The van der Waals surface area contributed by atoms with E-state index in [1.165, 1.54) is 30.0 Å². The monoisotopic (exact) mass is 248 g/mol. The number of nitrogens with zero attached hydrogens (tertiary/aromatic N) is 2. The summed E-state index contributed by atoms with van der Waals surface area (Å²) in [6.07, 6.45) is 0. The van der Waals surface area contributed by atoms with Crippen molar-refractivity contribution in [3.05, 3.63) is 47.0 Å². The molecule has 0 atom stereocenters. The third-order valence-corrected chi connectivity index (χ3v) is 2.65. The molecule has 0 aliphatic carbocycles. The van der Waals surface area contributed by atoms with E-state index in [0.717, 1.165) is 5.69 Å². The number of ether oxygens (including phenoxy) is 1. The summed E-state index contributed by atoms with van der Waals surface area (Å²) in [4.78, 5) is 12.2. The van der Waals surface area contributed by atoms with Crippen LogP contribution in [0.5, 0.6) is 5.75 Å². The molecule has 1 heterocycles. The van der Waals surface area contributed by atoms with Crippen molar-refractivity contribution < 1.29 is 13.9 Å². The minimum atomic E-state index is -0.553. The van der Waals surface area contributed by atoms with Crippen LogP contribution in [0.3, 0.4) is 0 Å². The lowest BCUT2D eigenvalue weighted by atomic mass is 10.1. The molecular formula is C13H13FN2O2. The summed E-state index contributed by atoms with van der Waals surface area (Å²) in [5.41, 5.74) is 1.45. The number of hydrogen-bond acceptors (Lipinski definition) is 3. The maximum Gasteiger partial charge on any atom is 0.211 e. The maximum atomic E-state index is 13.5. The molecule has 0 saturated carbocycles. The van der Waals surface area contributed by atoms with Crippen molar-refractivity contribution in [3.8, 4) is 5.75 Å². The molecule has 18 heavy (non-hydrogen) atoms. The van der Waals surface area contributed by atoms with Gasteiger partial charge in [0.1, 0.15) is 5.69 Å². The third-order valence-electron chi connectivity index (χ3n) is 2.65. The van der Waals surface area contributed by atoms with Crippen LogP contribution in [0, 0.1) is 12.7 Å². The first-order valence-corrected chi connectivity index (χ1v) is 5.42. The molecule has 4 nitrogen and oxygen atoms in total. The van der Waals surface area contributed by atoms with Gasteiger partial charge in [-0.25, -0.2) is 4.39 Å². The molecule has 0 bridgehead atoms. The van der Waals surface area contributed by atoms with Crippen molar-refractivity contribution >= 4 is 5.78 Å². The summed E-state index contributed by atoms with van der Waals surface area (Å²) in [5, 5.41) is 4.09. The Bertz CT molecular complexity index is 605. The lowest BCUT2D eigenvalue weighted by Crippen LogP contribution is -2.08. The normalized spacial score (nSPS) is 10.4. The molecule has 0 aliphatic rings. The fourth-order valence-corrected chi connectivity index (χ4v) is 1.78. The molecule has 0 aliphatic heterocycles. The lowest BCUT2D eigenvalue weighted by molar-refractivity contribution is 0.102. The minimum absolute atomic E-state index is 0.118. The Morgan fingerprint density at radius 1 is 1.39 bits per heavy atom. The average Bonchev–Trinajstić information content (AvgIpc) is 2.67. The molecule has 94 valence electrons. The number of aromatic nitrogens is 2. The summed E-state index contributed by atoms with van der Waals surface area (Å²) in [7, 11) is 3.06. The minimum Gasteiger partial charge on any atom is -0.494 e. The number of carbonyl (C=O) groups excluding carboxylic acids is 1. The molecule has 0 radical (unpaired) electrons. The molecule has 5 heteroatoms. The standard InChI is InChI=1S/C13H13FN2O2/c1-8-6-11(16(2)15-8)13(17)9-4-5-12(18-3)10(14)7-9/h4-7H,1-3H3. The van der Waals surface area contributed by atoms with Gasteiger partial charge < -0.3 is 4.74 Å². The van der Waals surface area contributed by atoms with E-state index in [1.54, 1.807) is 20.0 Å². The first-order valence-electron chi connectivity index (χ1n) is 5.42. The van der Waals surface area contributed by atoms with E-state index in [2.05, 4.69) is 5.10 Å². The maximum absolute atomic E-state index is 13.5. The van der Waals surface area contributed by atoms with Crippen molar-refractivity contribution in [1.82, 2.24) is 9.78 Å². The summed E-state index contributed by atoms with van der Waals surface area (Å²) < 4.78 is 19.8. The summed E-state index contributed by atoms with van der Waals surface area (Å²) in [6, 6.07) is 5.81. The second kappa shape index (κ2) is 4.60. The van der Waals surface area contributed by atoms with E-state index >= 15 is 0 Å². The number of rotatable bonds is 3. The number of methoxy groups -OCH3 is 1. The van der Waals surface area contributed by atoms with Gasteiger partial charge in [0.2, 0.25) is 5.78 Å². The van der Waals surface area contributed by atoms with Crippen LogP contribution < -0.4 is 4.74 Å². The van der Waals surface area contributed by atoms with Crippen molar-refractivity contribution in [1.29, 1.82) is 0 Å². The first-order chi connectivity index (χ1) is 8.52. The number of halogens is 1. The molecule has 0 saturated heterocycles. The van der Waals surface area contributed by atoms with Gasteiger partial charge in [0.15, 0.2) is 11.6 Å². The van der Waals surface area contributed by atoms with E-state index in [0.29, 0.717) is 5.69 Å². The number of ketones is 1. The third kappa shape index (κ3) is 2.11. The summed E-state index contributed by atoms with van der Waals surface area (Å²) in [6.45, 7) is 1.80. The van der Waals surface area contributed by atoms with E-state index < -0.39 is 5.82 Å². The fourth-order valence-electron chi connectivity index (χ4n) is 1.78. The molecule has 0 spiro atoms. The molecule has 1 aromatic heterocycles. The second-order valence-electron chi connectivity index (χ2n) is 3.97. The first kappa shape index (κ1) is 12.3. The van der Waals surface area contributed by atoms with Crippen LogP contribution in [0.15, 0.2) is 24.3 Å². The van der Waals surface area contributed by atoms with Gasteiger partial charge in [-0.2, -0.15) is 5.10 Å². The van der Waals surface area contributed by atoms with Crippen LogP contribution in [0.2, 0.25) is 0 Å². The van der Waals surface area contributed by atoms with Crippen LogP contribution in [0.25, 0.3) is 0 Å². The van der Waals surface area contributed by atoms with Gasteiger partial charge in [0, 0.05) is 12.6 Å². The van der Waals surface area contributed by atoms with Crippen LogP contribution in [0.1, 0.15) is 21.7 Å². The van der Waals surface area contributed by atoms with E-state index in [1.807, 2.05) is 0 Å². The molecular weight excluding hydrogens is 235 g/mol. The Morgan fingerprint density at radius 3 is 2.61 bits per heavy atom. The van der Waals surface area contributed by atoms with Crippen molar-refractivity contribution in [2.75, 3.05) is 7.11 Å². The number of hydrogen-bond donors (Lipinski definition) is 0. The molecule has 2 aromatic rings. The highest BCUT2D eigenvalue weighted by atomic mass is 19.1. The molecule has 0 N–H and O–H groups in total. The lowest BCUT2D eigenvalue weighted by Gasteiger charge is -2.04. The number of aryl methyl sites for hydroxylation is 2. The molecule has 0 unspecified atom stereocenters. The van der Waals surface area contributed by atoms with Crippen LogP contribution >= 0.6 is 0 Å². The highest BCUT2D eigenvalue weighted by Gasteiger charge is 2.16. The zero-order chi connectivity index (χ0) is 13.3. The average molecular weight is 248 g/mol. The van der Waals surface area contributed by atoms with Gasteiger partial charge in [-0.15, -0.1) is 0 Å². The Morgan fingerprint density at radius 2 is 2.11 bits per heavy atom. The molecule has 0 fully saturated rings. The smallest absolute Gasteiger partial charge is 0.211 e. The van der Waals surface area contributed by atoms with Crippen LogP contribution in [-0.4, -0.2) is 22.7 Å². The van der Waals surface area contributed by atoms with E-state index in [-0.39, 0.29) is 17.1 Å². The van der Waals surface area contributed by atoms with Gasteiger partial charge >= 0.3 is 0 Å². The zero-order valence-electron chi connectivity index (χ0n) is 10.4. The van der Waals surface area contributed by atoms with Crippen molar-refractivity contribution in [2.45, 2.75) is 6.92 Å². The van der Waals surface area contributed by atoms with Crippen molar-refractivity contribution in [2.24, 2.45) is 7.05 Å². The SMILES string of the molecule is COc1ccc(C(=O)c2cc(C)nn2C)cc1F. The van der Waals surface area contributed by atoms with Gasteiger partial charge in [-0.05, 0) is 31.2 Å². The van der Waals surface area contributed by atoms with Gasteiger partial charge in [0.25, 0.3) is 0 Å². The Hall–Kier alpha value is -2.17. The largest absolute Gasteiger partial charge is 0.494 e. The molecule has 2 rings (SSSR count). The van der Waals surface area contributed by atoms with Crippen molar-refractivity contribution in [3.63, 3.8) is 0 Å². The molecule has 1 aromatic carbocycles. The van der Waals surface area contributed by atoms with Crippen LogP contribution in [-0.2, 0) is 7.05 Å². The highest BCUT2D eigenvalue weighted by Crippen LogP contribution is 2.19. The van der Waals surface area contributed by atoms with Gasteiger partial charge in [0.05, 0.1) is 12.8 Å². The second-order valence-corrected chi connectivity index (χ2v) is 3.97. The van der Waals surface area contributed by atoms with E-state index in [9.17, 15) is 9.18 Å². The summed E-state index contributed by atoms with van der Waals surface area (Å²) in [5.74, 6) is -0.699. The summed E-state index contributed by atoms with van der Waals surface area (Å²) >= 11 is 0. The Balaban J connectivity index is 2.40. The topological polar surface area (TPSA) is 44.1 Å². The predicted octanol–water partition coefficient (Wildman–Crippen LogP) is 2.11. The highest BCUT2D eigenvalue weighted by molar-refractivity contribution is 6.08. The van der Waals surface area contributed by atoms with E-state index in [4.69, 9.17) is 4.74 Å². The Labute approximate surface area is 104 Å². The quantitative estimate of drug-likeness (QED) is 0.781. The Kier molecular flexibility index (Phi) is 3.14. The van der Waals surface area contributed by atoms with Gasteiger partial charge in [-0.3, -0.25) is 9.48 Å². The number of carbonyl (C=O) groups is 1. The predicted molar refractivity (Wildman–Crippen MR) is 64.3 cm³/mol. The molecule has 0 amide bonds. The number of benzene rings is 1. The van der Waals surface area contributed by atoms with Crippen LogP contribution in [0.4, 0.5) is 4.39 Å².